The molecule has 1 N–H and O–H groups in total. The van der Waals surface area contributed by atoms with Gasteiger partial charge in [-0.05, 0) is 63.8 Å². The SMILES string of the molecule is CC(C)(C)OC(=O)NC/C(=C\F)COc1ccc(S(=O)(=O)CC2CCOCC2)cc1. The van der Waals surface area contributed by atoms with Crippen LogP contribution in [0.4, 0.5) is 9.18 Å². The lowest BCUT2D eigenvalue weighted by Gasteiger charge is -2.21. The summed E-state index contributed by atoms with van der Waals surface area (Å²) in [4.78, 5) is 11.9. The molecule has 9 heteroatoms. The molecule has 0 saturated carbocycles. The molecule has 7 nitrogen and oxygen atoms in total. The molecule has 1 aromatic rings. The van der Waals surface area contributed by atoms with Gasteiger partial charge in [0.1, 0.15) is 18.0 Å². The monoisotopic (exact) mass is 443 g/mol. The van der Waals surface area contributed by atoms with Crippen molar-refractivity contribution in [1.82, 2.24) is 5.32 Å². The van der Waals surface area contributed by atoms with Crippen LogP contribution in [0.1, 0.15) is 33.6 Å². The molecule has 1 amide bonds. The van der Waals surface area contributed by atoms with E-state index in [1.54, 1.807) is 20.8 Å². The van der Waals surface area contributed by atoms with Crippen LogP contribution in [0.25, 0.3) is 0 Å². The van der Waals surface area contributed by atoms with Crippen LogP contribution in [0.5, 0.6) is 5.75 Å². The van der Waals surface area contributed by atoms with Gasteiger partial charge in [-0.15, -0.1) is 0 Å². The highest BCUT2D eigenvalue weighted by Gasteiger charge is 2.23. The summed E-state index contributed by atoms with van der Waals surface area (Å²) >= 11 is 0. The van der Waals surface area contributed by atoms with Crippen molar-refractivity contribution in [3.8, 4) is 5.75 Å². The number of halogens is 1. The maximum Gasteiger partial charge on any atom is 0.407 e. The molecule has 0 atom stereocenters. The average molecular weight is 444 g/mol. The lowest BCUT2D eigenvalue weighted by Crippen LogP contribution is -2.34. The molecule has 0 unspecified atom stereocenters. The standard InChI is InChI=1S/C21H30FNO6S/c1-21(2,3)29-20(24)23-13-17(12-22)14-28-18-4-6-19(7-5-18)30(25,26)15-16-8-10-27-11-9-16/h4-7,12,16H,8-11,13-15H2,1-3H3,(H,23,24)/b17-12+. The van der Waals surface area contributed by atoms with Crippen LogP contribution in [0.2, 0.25) is 0 Å². The minimum atomic E-state index is -3.39. The Morgan fingerprint density at radius 1 is 1.23 bits per heavy atom. The van der Waals surface area contributed by atoms with Crippen molar-refractivity contribution < 1.29 is 31.8 Å². The van der Waals surface area contributed by atoms with Crippen LogP contribution >= 0.6 is 0 Å². The maximum atomic E-state index is 13.1. The van der Waals surface area contributed by atoms with Crippen LogP contribution in [0.3, 0.4) is 0 Å². The summed E-state index contributed by atoms with van der Waals surface area (Å²) in [6.07, 6.45) is 1.21. The van der Waals surface area contributed by atoms with Crippen LogP contribution in [-0.4, -0.2) is 52.2 Å². The second-order valence-electron chi connectivity index (χ2n) is 8.22. The fraction of sp³-hybridized carbons (Fsp3) is 0.571. The quantitative estimate of drug-likeness (QED) is 0.660. The van der Waals surface area contributed by atoms with Crippen molar-refractivity contribution in [3.05, 3.63) is 36.2 Å². The first-order valence-electron chi connectivity index (χ1n) is 9.87. The van der Waals surface area contributed by atoms with E-state index in [0.717, 1.165) is 12.8 Å². The van der Waals surface area contributed by atoms with Crippen molar-refractivity contribution in [2.45, 2.75) is 44.1 Å². The smallest absolute Gasteiger partial charge is 0.407 e. The van der Waals surface area contributed by atoms with Gasteiger partial charge in [-0.2, -0.15) is 0 Å². The second-order valence-corrected chi connectivity index (χ2v) is 10.3. The first kappa shape index (κ1) is 24.1. The zero-order valence-corrected chi connectivity index (χ0v) is 18.5. The van der Waals surface area contributed by atoms with Gasteiger partial charge in [0.15, 0.2) is 9.84 Å². The third-order valence-corrected chi connectivity index (χ3v) is 6.32. The Morgan fingerprint density at radius 3 is 2.43 bits per heavy atom. The van der Waals surface area contributed by atoms with Gasteiger partial charge in [-0.3, -0.25) is 0 Å². The van der Waals surface area contributed by atoms with Crippen molar-refractivity contribution in [3.63, 3.8) is 0 Å². The third kappa shape index (κ3) is 8.31. The van der Waals surface area contributed by atoms with Gasteiger partial charge >= 0.3 is 6.09 Å². The molecule has 1 fully saturated rings. The van der Waals surface area contributed by atoms with E-state index in [-0.39, 0.29) is 35.3 Å². The van der Waals surface area contributed by atoms with Gasteiger partial charge in [0, 0.05) is 25.3 Å². The molecule has 1 aromatic carbocycles. The van der Waals surface area contributed by atoms with Crippen LogP contribution in [0, 0.1) is 5.92 Å². The van der Waals surface area contributed by atoms with Gasteiger partial charge in [0.05, 0.1) is 17.0 Å². The zero-order valence-electron chi connectivity index (χ0n) is 17.6. The molecular weight excluding hydrogens is 413 g/mol. The molecule has 0 bridgehead atoms. The summed E-state index contributed by atoms with van der Waals surface area (Å²) in [5, 5.41) is 2.46. The summed E-state index contributed by atoms with van der Waals surface area (Å²) in [7, 11) is -3.39. The Bertz CT molecular complexity index is 824. The lowest BCUT2D eigenvalue weighted by atomic mass is 10.0. The lowest BCUT2D eigenvalue weighted by molar-refractivity contribution is 0.0531. The van der Waals surface area contributed by atoms with E-state index in [9.17, 15) is 17.6 Å². The van der Waals surface area contributed by atoms with E-state index < -0.39 is 21.5 Å². The molecule has 1 aliphatic heterocycles. The Hall–Kier alpha value is -2.13. The summed E-state index contributed by atoms with van der Waals surface area (Å²) in [6, 6.07) is 6.05. The summed E-state index contributed by atoms with van der Waals surface area (Å²) in [6.45, 7) is 6.23. The first-order chi connectivity index (χ1) is 14.1. The van der Waals surface area contributed by atoms with Gasteiger partial charge in [-0.1, -0.05) is 0 Å². The van der Waals surface area contributed by atoms with Crippen molar-refractivity contribution in [2.75, 3.05) is 32.1 Å². The number of hydrogen-bond acceptors (Lipinski definition) is 6. The molecule has 0 aliphatic carbocycles. The zero-order chi connectivity index (χ0) is 22.2. The van der Waals surface area contributed by atoms with Gasteiger partial charge in [0.2, 0.25) is 0 Å². The van der Waals surface area contributed by atoms with Crippen molar-refractivity contribution >= 4 is 15.9 Å². The van der Waals surface area contributed by atoms with E-state index in [4.69, 9.17) is 14.2 Å². The molecule has 1 aliphatic rings. The first-order valence-corrected chi connectivity index (χ1v) is 11.5. The van der Waals surface area contributed by atoms with Gasteiger partial charge < -0.3 is 19.5 Å². The molecule has 2 rings (SSSR count). The summed E-state index contributed by atoms with van der Waals surface area (Å²) in [5.41, 5.74) is -0.440. The number of sulfone groups is 1. The highest BCUT2D eigenvalue weighted by Crippen LogP contribution is 2.23. The third-order valence-electron chi connectivity index (χ3n) is 4.42. The Labute approximate surface area is 177 Å². The minimum Gasteiger partial charge on any atom is -0.489 e. The number of carbonyl (C=O) groups is 1. The van der Waals surface area contributed by atoms with Crippen LogP contribution in [0.15, 0.2) is 41.1 Å². The fourth-order valence-electron chi connectivity index (χ4n) is 2.86. The molecule has 1 heterocycles. The number of hydrogen-bond donors (Lipinski definition) is 1. The summed E-state index contributed by atoms with van der Waals surface area (Å²) < 4.78 is 54.1. The highest BCUT2D eigenvalue weighted by atomic mass is 32.2. The van der Waals surface area contributed by atoms with E-state index in [1.165, 1.54) is 24.3 Å². The van der Waals surface area contributed by atoms with Gasteiger partial charge in [-0.25, -0.2) is 17.6 Å². The van der Waals surface area contributed by atoms with E-state index in [2.05, 4.69) is 5.32 Å². The number of carbonyl (C=O) groups excluding carboxylic acids is 1. The number of alkyl carbamates (subject to hydrolysis) is 1. The number of amides is 1. The van der Waals surface area contributed by atoms with E-state index in [0.29, 0.717) is 25.3 Å². The molecule has 0 radical (unpaired) electrons. The summed E-state index contributed by atoms with van der Waals surface area (Å²) in [5.74, 6) is 0.604. The van der Waals surface area contributed by atoms with Crippen molar-refractivity contribution in [1.29, 1.82) is 0 Å². The largest absolute Gasteiger partial charge is 0.489 e. The second kappa shape index (κ2) is 10.8. The number of rotatable bonds is 8. The normalized spacial score (nSPS) is 16.2. The highest BCUT2D eigenvalue weighted by molar-refractivity contribution is 7.91. The fourth-order valence-corrected chi connectivity index (χ4v) is 4.56. The average Bonchev–Trinajstić information content (AvgIpc) is 2.67. The van der Waals surface area contributed by atoms with E-state index >= 15 is 0 Å². The minimum absolute atomic E-state index is 0.0665. The predicted molar refractivity (Wildman–Crippen MR) is 111 cm³/mol. The van der Waals surface area contributed by atoms with E-state index in [1.807, 2.05) is 0 Å². The Kier molecular flexibility index (Phi) is 8.66. The number of nitrogens with one attached hydrogen (secondary N) is 1. The number of benzene rings is 1. The maximum absolute atomic E-state index is 13.1. The number of ether oxygens (including phenoxy) is 3. The molecule has 168 valence electrons. The Balaban J connectivity index is 1.85. The molecule has 0 aromatic heterocycles. The predicted octanol–water partition coefficient (Wildman–Crippen LogP) is 3.64. The topological polar surface area (TPSA) is 90.9 Å². The molecular formula is C21H30FNO6S. The van der Waals surface area contributed by atoms with Crippen molar-refractivity contribution in [2.24, 2.45) is 5.92 Å². The van der Waals surface area contributed by atoms with Gasteiger partial charge in [0.25, 0.3) is 0 Å². The van der Waals surface area contributed by atoms with Crippen LogP contribution < -0.4 is 10.1 Å². The molecule has 30 heavy (non-hydrogen) atoms. The Morgan fingerprint density at radius 2 is 1.87 bits per heavy atom. The molecule has 1 saturated heterocycles. The molecule has 0 spiro atoms. The van der Waals surface area contributed by atoms with Crippen LogP contribution in [-0.2, 0) is 19.3 Å².